The smallest absolute Gasteiger partial charge is 0.373 e. The number of esters is 2. The minimum atomic E-state index is -3.31. The molecule has 1 unspecified atom stereocenters. The average molecular weight is 1730 g/mol. The number of rotatable bonds is 23. The summed E-state index contributed by atoms with van der Waals surface area (Å²) >= 11 is 0. The van der Waals surface area contributed by atoms with Gasteiger partial charge in [-0.05, 0) is 213 Å². The molecule has 4 aromatic carbocycles. The fourth-order valence-electron chi connectivity index (χ4n) is 11.5. The van der Waals surface area contributed by atoms with Gasteiger partial charge in [0.05, 0.1) is 51.1 Å². The number of pyridine rings is 4. The summed E-state index contributed by atoms with van der Waals surface area (Å²) in [6, 6.07) is 44.5. The molecule has 640 valence electrons. The van der Waals surface area contributed by atoms with Gasteiger partial charge in [-0.1, -0.05) is 54.3 Å². The Morgan fingerprint density at radius 3 is 0.835 bits per heavy atom. The van der Waals surface area contributed by atoms with E-state index in [0.717, 1.165) is 108 Å². The SMILES string of the molecule is C1CNCCNCCN1.CCOc1ccc(C#Cc2cc(CN3CCN(Cc4cc(C#Cc5ccc(OCC(=O)OC)cc5)cc(P(C)(C)=O)n4)CCN(Cc4cc(C#Cc5ccc(OCC)cc5)cc(P(C)(=O)OCC)n4)CC3)nc(P(C)(C)=O)c2)cc1.CCc1cc(C#Cc2ccc(OCC(=O)OC)cc2)cc(P(C)(C)=O)n1.O=C=O.O=C=O. The lowest BCUT2D eigenvalue weighted by Crippen LogP contribution is -2.36. The van der Waals surface area contributed by atoms with Gasteiger partial charge in [0.1, 0.15) is 66.2 Å². The number of nitrogens with one attached hydrogen (secondary N) is 3. The van der Waals surface area contributed by atoms with Gasteiger partial charge < -0.3 is 62.6 Å². The van der Waals surface area contributed by atoms with Crippen molar-refractivity contribution in [1.82, 2.24) is 50.6 Å². The predicted molar refractivity (Wildman–Crippen MR) is 470 cm³/mol. The highest BCUT2D eigenvalue weighted by atomic mass is 31.2. The molecule has 0 spiro atoms. The van der Waals surface area contributed by atoms with Gasteiger partial charge in [-0.15, -0.1) is 0 Å². The zero-order chi connectivity index (χ0) is 88.2. The number of ether oxygens (including phenoxy) is 6. The number of methoxy groups -OCH3 is 2. The lowest BCUT2D eigenvalue weighted by molar-refractivity contribution is -0.193. The molecular formula is C90H108N10O17P4. The minimum absolute atomic E-state index is 0.130. The molecule has 2 saturated heterocycles. The van der Waals surface area contributed by atoms with Gasteiger partial charge in [0.25, 0.3) is 0 Å². The average Bonchev–Trinajstić information content (AvgIpc) is 1.02. The van der Waals surface area contributed by atoms with Gasteiger partial charge in [-0.3, -0.25) is 19.3 Å². The molecule has 0 bridgehead atoms. The summed E-state index contributed by atoms with van der Waals surface area (Å²) in [7, 11) is -8.75. The molecule has 8 aromatic rings. The van der Waals surface area contributed by atoms with E-state index in [1.165, 1.54) is 14.2 Å². The maximum absolute atomic E-state index is 14.0. The normalized spacial score (nSPS) is 13.6. The molecule has 0 radical (unpaired) electrons. The molecule has 121 heavy (non-hydrogen) atoms. The van der Waals surface area contributed by atoms with Crippen molar-refractivity contribution in [3.8, 4) is 70.4 Å². The topological polar surface area (TPSA) is 333 Å². The molecule has 31 heteroatoms. The van der Waals surface area contributed by atoms with E-state index < -0.39 is 40.7 Å². The molecule has 0 aliphatic carbocycles. The third kappa shape index (κ3) is 37.4. The largest absolute Gasteiger partial charge is 0.494 e. The summed E-state index contributed by atoms with van der Waals surface area (Å²) in [6.45, 7) is 32.5. The molecule has 10 rings (SSSR count). The van der Waals surface area contributed by atoms with E-state index in [2.05, 4.69) is 92.5 Å². The Morgan fingerprint density at radius 1 is 0.347 bits per heavy atom. The van der Waals surface area contributed by atoms with Crippen LogP contribution in [0.25, 0.3) is 0 Å². The Bertz CT molecular complexity index is 5210. The van der Waals surface area contributed by atoms with Crippen LogP contribution in [0.2, 0.25) is 0 Å². The van der Waals surface area contributed by atoms with Crippen molar-refractivity contribution in [1.29, 1.82) is 0 Å². The van der Waals surface area contributed by atoms with Crippen LogP contribution in [0.15, 0.2) is 146 Å². The molecule has 6 heterocycles. The van der Waals surface area contributed by atoms with Gasteiger partial charge in [-0.2, -0.15) is 19.2 Å². The Labute approximate surface area is 710 Å². The molecule has 2 aliphatic rings. The van der Waals surface area contributed by atoms with Crippen molar-refractivity contribution >= 4 is 74.8 Å². The van der Waals surface area contributed by atoms with Gasteiger partial charge in [0, 0.05) is 155 Å². The second-order valence-electron chi connectivity index (χ2n) is 28.4. The van der Waals surface area contributed by atoms with Crippen molar-refractivity contribution in [3.05, 3.63) is 213 Å². The fourth-order valence-corrected chi connectivity index (χ4v) is 15.2. The second kappa shape index (κ2) is 51.8. The maximum Gasteiger partial charge on any atom is 0.373 e. The standard InChI is InChI=1S/C62H71N6O9P3.C20H22NO4P.C6H15N3.2CO2/c1-10-74-56-25-19-47(20-26-56)13-16-50-37-53(63-59(40-50)78(5,6)70)43-66-31-32-67(44-54-38-51(41-60(64-54)79(7,8)71)17-14-49-23-29-58(30-24-49)76-46-62(69)73-4)34-36-68(35-33-66)45-55-39-52(42-61(65-55)80(9,72)77-12-3)18-15-48-21-27-57(28-22-48)75-11-2;1-5-17-12-16(13-19(21-17)26(3,4)23)7-6-15-8-10-18(11-9-15)25-14-20(22)24-2;1-2-8-5-6-9-4-3-7-1;2*2-1-3/h19-30,37-42H,10-12,31-36,43-46H2,1-9H3;8-13H,5,14H2,1-4H3;7-9H,1-6H2;;. The number of aromatic nitrogens is 4. The highest BCUT2D eigenvalue weighted by Gasteiger charge is 2.26. The third-order valence-corrected chi connectivity index (χ3v) is 23.5. The van der Waals surface area contributed by atoms with E-state index in [0.29, 0.717) is 122 Å². The van der Waals surface area contributed by atoms with Crippen LogP contribution in [-0.2, 0) is 87.1 Å². The van der Waals surface area contributed by atoms with E-state index in [-0.39, 0.29) is 32.1 Å². The molecule has 0 amide bonds. The summed E-state index contributed by atoms with van der Waals surface area (Å²) in [5.74, 6) is 27.5. The first-order valence-corrected chi connectivity index (χ1v) is 49.1. The van der Waals surface area contributed by atoms with Crippen molar-refractivity contribution < 1.29 is 80.0 Å². The molecule has 27 nitrogen and oxygen atoms in total. The summed E-state index contributed by atoms with van der Waals surface area (Å²) < 4.78 is 90.9. The van der Waals surface area contributed by atoms with Gasteiger partial charge in [-0.25, -0.2) is 29.5 Å². The quantitative estimate of drug-likeness (QED) is 0.0306. The fraction of sp³-hybridized carbons (Fsp3) is 0.378. The van der Waals surface area contributed by atoms with Crippen LogP contribution in [0.5, 0.6) is 23.0 Å². The first kappa shape index (κ1) is 99.1. The maximum atomic E-state index is 14.0. The Morgan fingerprint density at radius 2 is 0.587 bits per heavy atom. The number of benzene rings is 4. The van der Waals surface area contributed by atoms with Crippen LogP contribution in [-0.4, -0.2) is 231 Å². The number of hydrogen-bond acceptors (Lipinski definition) is 27. The zero-order valence-corrected chi connectivity index (χ0v) is 74.6. The zero-order valence-electron chi connectivity index (χ0n) is 71.1. The monoisotopic (exact) mass is 1720 g/mol. The second-order valence-corrected chi connectivity index (χ2v) is 40.3. The summed E-state index contributed by atoms with van der Waals surface area (Å²) in [5, 5.41) is 9.91. The predicted octanol–water partition coefficient (Wildman–Crippen LogP) is 8.75. The number of hydrogen-bond donors (Lipinski definition) is 3. The molecule has 4 aromatic heterocycles. The molecule has 2 aliphatic heterocycles. The van der Waals surface area contributed by atoms with E-state index in [1.54, 1.807) is 89.1 Å². The van der Waals surface area contributed by atoms with Crippen molar-refractivity contribution in [3.63, 3.8) is 0 Å². The lowest BCUT2D eigenvalue weighted by Gasteiger charge is -2.26. The highest BCUT2D eigenvalue weighted by molar-refractivity contribution is 7.70. The lowest BCUT2D eigenvalue weighted by atomic mass is 10.1. The molecule has 3 N–H and O–H groups in total. The van der Waals surface area contributed by atoms with Gasteiger partial charge in [0.15, 0.2) is 13.2 Å². The summed E-state index contributed by atoms with van der Waals surface area (Å²) in [5.41, 5.74) is 11.0. The first-order chi connectivity index (χ1) is 57.9. The van der Waals surface area contributed by atoms with Crippen molar-refractivity contribution in [2.75, 3.05) is 172 Å². The van der Waals surface area contributed by atoms with E-state index in [1.807, 2.05) is 131 Å². The van der Waals surface area contributed by atoms with Crippen LogP contribution >= 0.6 is 28.8 Å². The molecule has 1 atom stereocenters. The number of carbonyl (C=O) groups excluding carboxylic acids is 6. The highest BCUT2D eigenvalue weighted by Crippen LogP contribution is 2.41. The summed E-state index contributed by atoms with van der Waals surface area (Å²) in [4.78, 5) is 81.6. The summed E-state index contributed by atoms with van der Waals surface area (Å²) in [6.07, 6.45) is 1.26. The van der Waals surface area contributed by atoms with Crippen LogP contribution in [0.4, 0.5) is 0 Å². The Hall–Kier alpha value is -10.7. The van der Waals surface area contributed by atoms with Gasteiger partial charge in [0.2, 0.25) is 7.37 Å². The van der Waals surface area contributed by atoms with Crippen LogP contribution in [0, 0.1) is 47.4 Å². The molecular weight excluding hydrogens is 1620 g/mol. The van der Waals surface area contributed by atoms with Crippen LogP contribution < -0.4 is 56.6 Å². The Kier molecular flexibility index (Phi) is 42.4. The van der Waals surface area contributed by atoms with Crippen LogP contribution in [0.3, 0.4) is 0 Å². The van der Waals surface area contributed by atoms with E-state index in [4.69, 9.17) is 57.6 Å². The molecule has 2 fully saturated rings. The number of nitrogens with zero attached hydrogens (tertiary/aromatic N) is 7. The minimum Gasteiger partial charge on any atom is -0.494 e. The van der Waals surface area contributed by atoms with Gasteiger partial charge >= 0.3 is 24.2 Å². The Balaban J connectivity index is 0.000000449. The van der Waals surface area contributed by atoms with Crippen molar-refractivity contribution in [2.45, 2.75) is 53.8 Å². The molecule has 0 saturated carbocycles. The van der Waals surface area contributed by atoms with Crippen LogP contribution in [0.1, 0.15) is 95.0 Å². The van der Waals surface area contributed by atoms with Crippen molar-refractivity contribution in [2.24, 2.45) is 0 Å². The first-order valence-electron chi connectivity index (χ1n) is 39.3. The third-order valence-electron chi connectivity index (χ3n) is 17.7. The number of aryl methyl sites for hydroxylation is 1. The van der Waals surface area contributed by atoms with E-state index in [9.17, 15) is 27.8 Å². The number of carbonyl (C=O) groups is 2. The van der Waals surface area contributed by atoms with E-state index >= 15 is 0 Å².